The van der Waals surface area contributed by atoms with Crippen molar-refractivity contribution in [3.8, 4) is 0 Å². The fourth-order valence-corrected chi connectivity index (χ4v) is 7.95. The van der Waals surface area contributed by atoms with Crippen LogP contribution in [-0.2, 0) is 0 Å². The van der Waals surface area contributed by atoms with E-state index >= 15 is 17.6 Å². The average Bonchev–Trinajstić information content (AvgIpc) is 2.95. The minimum atomic E-state index is -2.63. The lowest BCUT2D eigenvalue weighted by molar-refractivity contribution is 0.382. The van der Waals surface area contributed by atoms with Gasteiger partial charge in [0.15, 0.2) is 58.2 Å². The molecule has 0 aliphatic rings. The van der Waals surface area contributed by atoms with Crippen LogP contribution in [0.15, 0.2) is 45.9 Å². The van der Waals surface area contributed by atoms with Crippen molar-refractivity contribution in [2.45, 2.75) is 57.1 Å². The number of hydrogen-bond donors (Lipinski definition) is 0. The Balaban J connectivity index is 2.49. The summed E-state index contributed by atoms with van der Waals surface area (Å²) >= 11 is 1.23. The van der Waals surface area contributed by atoms with Gasteiger partial charge in [-0.3, -0.25) is 0 Å². The Kier molecular flexibility index (Phi) is 11.1. The third kappa shape index (κ3) is 6.77. The van der Waals surface area contributed by atoms with Gasteiger partial charge in [-0.25, -0.2) is 43.9 Å². The van der Waals surface area contributed by atoms with Crippen LogP contribution in [0, 0.1) is 58.2 Å². The largest absolute Gasteiger partial charge is 0.252 e. The van der Waals surface area contributed by atoms with Crippen LogP contribution in [0.5, 0.6) is 0 Å². The van der Waals surface area contributed by atoms with Crippen LogP contribution in [0.2, 0.25) is 19.6 Å². The monoisotopic (exact) mass is 636 g/mol. The summed E-state index contributed by atoms with van der Waals surface area (Å²) < 4.78 is 148. The summed E-state index contributed by atoms with van der Waals surface area (Å²) in [5.41, 5.74) is -3.50. The molecule has 0 atom stereocenters. The van der Waals surface area contributed by atoms with E-state index < -0.39 is 83.9 Å². The lowest BCUT2D eigenvalue weighted by atomic mass is 9.35. The molecule has 0 bridgehead atoms. The molecule has 0 aliphatic heterocycles. The second-order valence-corrected chi connectivity index (χ2v) is 16.9. The van der Waals surface area contributed by atoms with Gasteiger partial charge in [-0.15, -0.1) is 11.8 Å². The number of halogens is 10. The number of rotatable bonds is 11. The number of hydrogen-bond acceptors (Lipinski definition) is 1. The maximum atomic E-state index is 15.4. The summed E-state index contributed by atoms with van der Waals surface area (Å²) in [5, 5.41) is 0.468. The second kappa shape index (κ2) is 13.7. The van der Waals surface area contributed by atoms with Gasteiger partial charge in [-0.05, 0) is 25.0 Å². The van der Waals surface area contributed by atoms with Crippen molar-refractivity contribution in [3.05, 3.63) is 99.2 Å². The SMILES string of the molecule is CCCC/C(=C(/CCSc1ccccc1)B(c1c(F)c(F)c(F)c(F)c1F)c1c(F)c(F)c(F)c(F)c1F)[Si](C)(C)C. The normalized spacial score (nSPS) is 12.5. The number of benzene rings is 3. The molecule has 0 aliphatic carbocycles. The van der Waals surface area contributed by atoms with Crippen LogP contribution >= 0.6 is 11.8 Å². The van der Waals surface area contributed by atoms with E-state index in [4.69, 9.17) is 0 Å². The molecule has 3 rings (SSSR count). The highest BCUT2D eigenvalue weighted by molar-refractivity contribution is 7.99. The maximum absolute atomic E-state index is 15.4. The zero-order valence-corrected chi connectivity index (χ0v) is 25.0. The summed E-state index contributed by atoms with van der Waals surface area (Å²) in [6.07, 6.45) is 1.09. The molecule has 42 heavy (non-hydrogen) atoms. The van der Waals surface area contributed by atoms with Gasteiger partial charge >= 0.3 is 0 Å². The van der Waals surface area contributed by atoms with Crippen LogP contribution in [0.1, 0.15) is 32.6 Å². The van der Waals surface area contributed by atoms with Crippen molar-refractivity contribution in [3.63, 3.8) is 0 Å². The van der Waals surface area contributed by atoms with Crippen molar-refractivity contribution >= 4 is 37.5 Å². The molecule has 0 aromatic heterocycles. The maximum Gasteiger partial charge on any atom is 0.252 e. The molecular weight excluding hydrogens is 609 g/mol. The molecule has 0 spiro atoms. The molecule has 3 aromatic rings. The fourth-order valence-electron chi connectivity index (χ4n) is 4.88. The Labute approximate surface area is 243 Å². The Hall–Kier alpha value is -2.67. The first-order valence-corrected chi connectivity index (χ1v) is 17.6. The summed E-state index contributed by atoms with van der Waals surface area (Å²) in [7, 11) is -2.63. The van der Waals surface area contributed by atoms with Crippen molar-refractivity contribution in [1.29, 1.82) is 0 Å². The zero-order valence-electron chi connectivity index (χ0n) is 23.2. The molecule has 0 fully saturated rings. The number of thioether (sulfide) groups is 1. The molecule has 0 N–H and O–H groups in total. The molecule has 0 radical (unpaired) electrons. The molecular formula is C29H27BF10SSi. The van der Waals surface area contributed by atoms with Gasteiger partial charge in [0, 0.05) is 21.6 Å². The summed E-state index contributed by atoms with van der Waals surface area (Å²) in [6, 6.07) is 8.72. The Morgan fingerprint density at radius 1 is 0.619 bits per heavy atom. The first kappa shape index (κ1) is 33.8. The Morgan fingerprint density at radius 2 is 1.02 bits per heavy atom. The van der Waals surface area contributed by atoms with E-state index in [-0.39, 0.29) is 24.1 Å². The van der Waals surface area contributed by atoms with Crippen LogP contribution in [-0.4, -0.2) is 20.5 Å². The van der Waals surface area contributed by atoms with Crippen LogP contribution in [0.25, 0.3) is 0 Å². The number of allylic oxidation sites excluding steroid dienone is 2. The van der Waals surface area contributed by atoms with Gasteiger partial charge in [-0.2, -0.15) is 0 Å². The zero-order chi connectivity index (χ0) is 31.5. The lowest BCUT2D eigenvalue weighted by Crippen LogP contribution is -2.53. The standard InChI is InChI=1S/C29H27BF10SSi/c1-5-6-12-17(42(2,3)4)16(13-14-41-15-10-8-7-9-11-15)30(18-20(31)24(35)28(39)25(36)21(18)32)19-22(33)26(37)29(40)27(38)23(19)34/h7-11H,5-6,12-14H2,1-4H3/b17-16+. The highest BCUT2D eigenvalue weighted by atomic mass is 32.2. The molecule has 0 nitrogen and oxygen atoms in total. The average molecular weight is 636 g/mol. The minimum Gasteiger partial charge on any atom is -0.204 e. The quantitative estimate of drug-likeness (QED) is 0.0667. The highest BCUT2D eigenvalue weighted by Crippen LogP contribution is 2.32. The van der Waals surface area contributed by atoms with Gasteiger partial charge in [0.05, 0.1) is 8.07 Å². The van der Waals surface area contributed by atoms with Crippen LogP contribution in [0.3, 0.4) is 0 Å². The predicted octanol–water partition coefficient (Wildman–Crippen LogP) is 8.77. The molecule has 226 valence electrons. The smallest absolute Gasteiger partial charge is 0.204 e. The summed E-state index contributed by atoms with van der Waals surface area (Å²) in [6.45, 7) is 4.73. The topological polar surface area (TPSA) is 0 Å². The summed E-state index contributed by atoms with van der Waals surface area (Å²) in [5.74, 6) is -24.2. The van der Waals surface area contributed by atoms with E-state index in [2.05, 4.69) is 0 Å². The van der Waals surface area contributed by atoms with Crippen molar-refractivity contribution < 1.29 is 43.9 Å². The third-order valence-corrected chi connectivity index (χ3v) is 10.3. The third-order valence-electron chi connectivity index (χ3n) is 6.87. The van der Waals surface area contributed by atoms with E-state index in [0.29, 0.717) is 18.0 Å². The van der Waals surface area contributed by atoms with E-state index in [0.717, 1.165) is 4.90 Å². The highest BCUT2D eigenvalue weighted by Gasteiger charge is 2.43. The first-order chi connectivity index (χ1) is 19.6. The van der Waals surface area contributed by atoms with E-state index in [9.17, 15) is 26.3 Å². The van der Waals surface area contributed by atoms with Crippen molar-refractivity contribution in [1.82, 2.24) is 0 Å². The van der Waals surface area contributed by atoms with Gasteiger partial charge in [0.2, 0.25) is 0 Å². The van der Waals surface area contributed by atoms with Gasteiger partial charge in [-0.1, -0.05) is 68.3 Å². The van der Waals surface area contributed by atoms with Crippen LogP contribution < -0.4 is 10.9 Å². The van der Waals surface area contributed by atoms with Crippen LogP contribution in [0.4, 0.5) is 43.9 Å². The molecule has 13 heteroatoms. The Bertz CT molecular complexity index is 1360. The molecule has 0 saturated carbocycles. The van der Waals surface area contributed by atoms with Gasteiger partial charge in [0.25, 0.3) is 6.71 Å². The Morgan fingerprint density at radius 3 is 1.40 bits per heavy atom. The van der Waals surface area contributed by atoms with E-state index in [1.807, 2.05) is 6.92 Å². The van der Waals surface area contributed by atoms with Crippen molar-refractivity contribution in [2.75, 3.05) is 5.75 Å². The molecule has 0 saturated heterocycles. The predicted molar refractivity (Wildman–Crippen MR) is 149 cm³/mol. The minimum absolute atomic E-state index is 0.0980. The van der Waals surface area contributed by atoms with Gasteiger partial charge in [0.1, 0.15) is 0 Å². The molecule has 0 unspecified atom stereocenters. The molecule has 3 aromatic carbocycles. The lowest BCUT2D eigenvalue weighted by Gasteiger charge is -2.31. The second-order valence-electron chi connectivity index (χ2n) is 10.7. The fraction of sp³-hybridized carbons (Fsp3) is 0.310. The van der Waals surface area contributed by atoms with E-state index in [1.165, 1.54) is 11.8 Å². The number of unbranched alkanes of at least 4 members (excludes halogenated alkanes) is 1. The van der Waals surface area contributed by atoms with E-state index in [1.54, 1.807) is 50.0 Å². The summed E-state index contributed by atoms with van der Waals surface area (Å²) in [4.78, 5) is 0.740. The van der Waals surface area contributed by atoms with Gasteiger partial charge < -0.3 is 0 Å². The molecule has 0 heterocycles. The molecule has 0 amide bonds. The van der Waals surface area contributed by atoms with Crippen molar-refractivity contribution in [2.24, 2.45) is 0 Å². The first-order valence-electron chi connectivity index (χ1n) is 13.1.